The van der Waals surface area contributed by atoms with Crippen LogP contribution in [0.4, 0.5) is 15.8 Å². The quantitative estimate of drug-likeness (QED) is 0.617. The van der Waals surface area contributed by atoms with E-state index in [-0.39, 0.29) is 36.4 Å². The predicted molar refractivity (Wildman–Crippen MR) is 117 cm³/mol. The molecule has 0 unspecified atom stereocenters. The number of halogens is 1. The van der Waals surface area contributed by atoms with Crippen molar-refractivity contribution in [2.24, 2.45) is 0 Å². The Labute approximate surface area is 184 Å². The first-order chi connectivity index (χ1) is 15.5. The zero-order valence-corrected chi connectivity index (χ0v) is 17.3. The van der Waals surface area contributed by atoms with Crippen molar-refractivity contribution < 1.29 is 23.2 Å². The molecule has 8 heteroatoms. The fourth-order valence-corrected chi connectivity index (χ4v) is 3.71. The van der Waals surface area contributed by atoms with E-state index in [2.05, 4.69) is 10.6 Å². The zero-order valence-electron chi connectivity index (χ0n) is 17.3. The normalized spacial score (nSPS) is 12.7. The Kier molecular flexibility index (Phi) is 6.30. The molecule has 0 atom stereocenters. The summed E-state index contributed by atoms with van der Waals surface area (Å²) in [6, 6.07) is 13.9. The number of furan rings is 1. The Morgan fingerprint density at radius 3 is 2.56 bits per heavy atom. The number of benzene rings is 2. The van der Waals surface area contributed by atoms with Crippen LogP contribution in [0.5, 0.6) is 0 Å². The minimum absolute atomic E-state index is 0.118. The molecule has 1 aliphatic rings. The maximum atomic E-state index is 13.1. The van der Waals surface area contributed by atoms with Gasteiger partial charge in [0, 0.05) is 36.4 Å². The molecule has 4 rings (SSSR count). The number of hydrogen-bond donors (Lipinski definition) is 2. The molecular formula is C24H22FN3O4. The van der Waals surface area contributed by atoms with Crippen LogP contribution in [0.15, 0.2) is 65.3 Å². The highest BCUT2D eigenvalue weighted by atomic mass is 19.1. The Balaban J connectivity index is 1.43. The molecule has 3 aromatic rings. The van der Waals surface area contributed by atoms with E-state index in [4.69, 9.17) is 4.42 Å². The highest BCUT2D eigenvalue weighted by Crippen LogP contribution is 2.33. The van der Waals surface area contributed by atoms with Crippen molar-refractivity contribution in [3.63, 3.8) is 0 Å². The van der Waals surface area contributed by atoms with Crippen LogP contribution in [0.3, 0.4) is 0 Å². The minimum Gasteiger partial charge on any atom is -0.459 e. The highest BCUT2D eigenvalue weighted by molar-refractivity contribution is 6.05. The number of nitrogens with one attached hydrogen (secondary N) is 2. The lowest BCUT2D eigenvalue weighted by Crippen LogP contribution is -2.38. The molecule has 2 N–H and O–H groups in total. The fourth-order valence-electron chi connectivity index (χ4n) is 3.71. The molecule has 164 valence electrons. The summed E-state index contributed by atoms with van der Waals surface area (Å²) in [7, 11) is 0. The monoisotopic (exact) mass is 435 g/mol. The SMILES string of the molecule is O=C(Nc1cccc2c1CCCN2C(=O)CCNC(=O)c1ccco1)c1ccc(F)cc1. The van der Waals surface area contributed by atoms with Gasteiger partial charge in [0.2, 0.25) is 5.91 Å². The van der Waals surface area contributed by atoms with E-state index in [0.717, 1.165) is 17.7 Å². The lowest BCUT2D eigenvalue weighted by molar-refractivity contribution is -0.118. The van der Waals surface area contributed by atoms with Crippen LogP contribution in [0.1, 0.15) is 39.3 Å². The Hall–Kier alpha value is -3.94. The van der Waals surface area contributed by atoms with Gasteiger partial charge in [0.15, 0.2) is 5.76 Å². The van der Waals surface area contributed by atoms with Gasteiger partial charge in [-0.05, 0) is 66.9 Å². The van der Waals surface area contributed by atoms with Crippen molar-refractivity contribution in [1.82, 2.24) is 5.32 Å². The molecule has 0 spiro atoms. The average Bonchev–Trinajstić information content (AvgIpc) is 3.34. The Morgan fingerprint density at radius 1 is 1.00 bits per heavy atom. The van der Waals surface area contributed by atoms with Gasteiger partial charge in [-0.25, -0.2) is 4.39 Å². The Bertz CT molecular complexity index is 1130. The summed E-state index contributed by atoms with van der Waals surface area (Å²) < 4.78 is 18.2. The van der Waals surface area contributed by atoms with Crippen molar-refractivity contribution in [2.75, 3.05) is 23.3 Å². The third-order valence-electron chi connectivity index (χ3n) is 5.28. The molecular weight excluding hydrogens is 413 g/mol. The van der Waals surface area contributed by atoms with Crippen LogP contribution in [0.2, 0.25) is 0 Å². The smallest absolute Gasteiger partial charge is 0.286 e. The van der Waals surface area contributed by atoms with E-state index in [0.29, 0.717) is 24.2 Å². The molecule has 0 bridgehead atoms. The molecule has 3 amide bonds. The summed E-state index contributed by atoms with van der Waals surface area (Å²) in [5.41, 5.74) is 2.60. The number of carbonyl (C=O) groups excluding carboxylic acids is 3. The molecule has 1 aliphatic heterocycles. The molecule has 0 fully saturated rings. The predicted octanol–water partition coefficient (Wildman–Crippen LogP) is 3.77. The number of hydrogen-bond acceptors (Lipinski definition) is 4. The molecule has 0 aliphatic carbocycles. The van der Waals surface area contributed by atoms with Crippen LogP contribution in [-0.2, 0) is 11.2 Å². The summed E-state index contributed by atoms with van der Waals surface area (Å²) in [5, 5.41) is 5.55. The van der Waals surface area contributed by atoms with Crippen LogP contribution < -0.4 is 15.5 Å². The lowest BCUT2D eigenvalue weighted by Gasteiger charge is -2.31. The molecule has 7 nitrogen and oxygen atoms in total. The van der Waals surface area contributed by atoms with E-state index in [9.17, 15) is 18.8 Å². The number of anilines is 2. The maximum absolute atomic E-state index is 13.1. The number of fused-ring (bicyclic) bond motifs is 1. The Morgan fingerprint density at radius 2 is 1.81 bits per heavy atom. The van der Waals surface area contributed by atoms with E-state index in [1.807, 2.05) is 6.07 Å². The second kappa shape index (κ2) is 9.47. The van der Waals surface area contributed by atoms with Gasteiger partial charge in [0.1, 0.15) is 5.82 Å². The summed E-state index contributed by atoms with van der Waals surface area (Å²) in [6.07, 6.45) is 3.02. The topological polar surface area (TPSA) is 91.7 Å². The van der Waals surface area contributed by atoms with E-state index < -0.39 is 5.82 Å². The first-order valence-corrected chi connectivity index (χ1v) is 10.3. The van der Waals surface area contributed by atoms with Gasteiger partial charge in [0.05, 0.1) is 6.26 Å². The third-order valence-corrected chi connectivity index (χ3v) is 5.28. The van der Waals surface area contributed by atoms with Gasteiger partial charge in [-0.3, -0.25) is 14.4 Å². The second-order valence-electron chi connectivity index (χ2n) is 7.40. The van der Waals surface area contributed by atoms with Gasteiger partial charge < -0.3 is 20.0 Å². The summed E-state index contributed by atoms with van der Waals surface area (Å²) in [4.78, 5) is 39.1. The first kappa shape index (κ1) is 21.3. The second-order valence-corrected chi connectivity index (χ2v) is 7.40. The van der Waals surface area contributed by atoms with Crippen LogP contribution in [0, 0.1) is 5.82 Å². The van der Waals surface area contributed by atoms with Gasteiger partial charge in [0.25, 0.3) is 11.8 Å². The first-order valence-electron chi connectivity index (χ1n) is 10.3. The summed E-state index contributed by atoms with van der Waals surface area (Å²) >= 11 is 0. The third kappa shape index (κ3) is 4.69. The van der Waals surface area contributed by atoms with Crippen LogP contribution in [0.25, 0.3) is 0 Å². The molecule has 0 saturated heterocycles. The molecule has 0 radical (unpaired) electrons. The number of carbonyl (C=O) groups is 3. The lowest BCUT2D eigenvalue weighted by atomic mass is 9.99. The maximum Gasteiger partial charge on any atom is 0.286 e. The largest absolute Gasteiger partial charge is 0.459 e. The van der Waals surface area contributed by atoms with Crippen molar-refractivity contribution in [3.8, 4) is 0 Å². The van der Waals surface area contributed by atoms with Gasteiger partial charge in [-0.2, -0.15) is 0 Å². The van der Waals surface area contributed by atoms with E-state index in [1.54, 1.807) is 29.2 Å². The summed E-state index contributed by atoms with van der Waals surface area (Å²) in [5.74, 6) is -1.04. The van der Waals surface area contributed by atoms with Gasteiger partial charge >= 0.3 is 0 Å². The zero-order chi connectivity index (χ0) is 22.5. The molecule has 1 aromatic heterocycles. The standard InChI is InChI=1S/C24H22FN3O4/c25-17-10-8-16(9-11-17)23(30)27-19-5-1-6-20-18(19)4-2-14-28(20)22(29)12-13-26-24(31)21-7-3-15-32-21/h1,3,5-11,15H,2,4,12-14H2,(H,26,31)(H,27,30). The van der Waals surface area contributed by atoms with Gasteiger partial charge in [-0.1, -0.05) is 6.07 Å². The highest BCUT2D eigenvalue weighted by Gasteiger charge is 2.25. The fraction of sp³-hybridized carbons (Fsp3) is 0.208. The van der Waals surface area contributed by atoms with Crippen molar-refractivity contribution in [2.45, 2.75) is 19.3 Å². The van der Waals surface area contributed by atoms with Crippen molar-refractivity contribution in [3.05, 3.63) is 83.6 Å². The number of rotatable bonds is 6. The van der Waals surface area contributed by atoms with Crippen molar-refractivity contribution >= 4 is 29.1 Å². The number of nitrogens with zero attached hydrogens (tertiary/aromatic N) is 1. The van der Waals surface area contributed by atoms with Crippen molar-refractivity contribution in [1.29, 1.82) is 0 Å². The van der Waals surface area contributed by atoms with Crippen LogP contribution >= 0.6 is 0 Å². The minimum atomic E-state index is -0.409. The molecule has 0 saturated carbocycles. The molecule has 2 heterocycles. The summed E-state index contributed by atoms with van der Waals surface area (Å²) in [6.45, 7) is 0.749. The van der Waals surface area contributed by atoms with E-state index >= 15 is 0 Å². The van der Waals surface area contributed by atoms with Gasteiger partial charge in [-0.15, -0.1) is 0 Å². The van der Waals surface area contributed by atoms with Crippen LogP contribution in [-0.4, -0.2) is 30.8 Å². The van der Waals surface area contributed by atoms with E-state index in [1.165, 1.54) is 30.5 Å². The molecule has 2 aromatic carbocycles. The molecule has 32 heavy (non-hydrogen) atoms. The number of amides is 3. The average molecular weight is 435 g/mol.